The number of benzene rings is 2. The molecule has 0 amide bonds. The van der Waals surface area contributed by atoms with Crippen LogP contribution in [0.2, 0.25) is 0 Å². The second kappa shape index (κ2) is 11.7. The summed E-state index contributed by atoms with van der Waals surface area (Å²) < 4.78 is 18.8. The number of hydrogen-bond acceptors (Lipinski definition) is 2. The highest BCUT2D eigenvalue weighted by atomic mass is 127. The summed E-state index contributed by atoms with van der Waals surface area (Å²) in [6.07, 6.45) is 0.611. The minimum atomic E-state index is -0.167. The fourth-order valence-electron chi connectivity index (χ4n) is 2.26. The van der Waals surface area contributed by atoms with E-state index in [1.165, 1.54) is 6.07 Å². The monoisotopic (exact) mass is 457 g/mol. The molecule has 2 N–H and O–H groups in total. The average Bonchev–Trinajstić information content (AvgIpc) is 2.61. The smallest absolute Gasteiger partial charge is 0.191 e. The fraction of sp³-hybridized carbons (Fsp3) is 0.316. The molecular formula is C19H25FIN3O. The van der Waals surface area contributed by atoms with Gasteiger partial charge < -0.3 is 15.4 Å². The predicted molar refractivity (Wildman–Crippen MR) is 111 cm³/mol. The first-order chi connectivity index (χ1) is 11.7. The van der Waals surface area contributed by atoms with E-state index >= 15 is 0 Å². The molecule has 4 nitrogen and oxygen atoms in total. The number of methoxy groups -OCH3 is 1. The number of guanidine groups is 1. The van der Waals surface area contributed by atoms with Crippen molar-refractivity contribution in [1.82, 2.24) is 10.6 Å². The Hall–Kier alpha value is -1.83. The molecule has 0 bridgehead atoms. The normalized spacial score (nSPS) is 10.8. The summed E-state index contributed by atoms with van der Waals surface area (Å²) >= 11 is 0. The van der Waals surface area contributed by atoms with Crippen LogP contribution in [0.1, 0.15) is 18.1 Å². The van der Waals surface area contributed by atoms with Crippen molar-refractivity contribution >= 4 is 29.9 Å². The average molecular weight is 457 g/mol. The van der Waals surface area contributed by atoms with Crippen LogP contribution in [0.4, 0.5) is 4.39 Å². The Kier molecular flexibility index (Phi) is 9.91. The lowest BCUT2D eigenvalue weighted by molar-refractivity contribution is 0.414. The summed E-state index contributed by atoms with van der Waals surface area (Å²) in [7, 11) is 1.65. The van der Waals surface area contributed by atoms with Crippen molar-refractivity contribution in [1.29, 1.82) is 0 Å². The zero-order chi connectivity index (χ0) is 17.2. The van der Waals surface area contributed by atoms with Crippen LogP contribution in [-0.2, 0) is 13.0 Å². The highest BCUT2D eigenvalue weighted by Gasteiger charge is 2.02. The van der Waals surface area contributed by atoms with Gasteiger partial charge in [-0.3, -0.25) is 0 Å². The van der Waals surface area contributed by atoms with Gasteiger partial charge in [-0.2, -0.15) is 0 Å². The van der Waals surface area contributed by atoms with Crippen LogP contribution >= 0.6 is 24.0 Å². The van der Waals surface area contributed by atoms with Gasteiger partial charge in [0.05, 0.1) is 13.7 Å². The van der Waals surface area contributed by atoms with E-state index in [2.05, 4.69) is 15.6 Å². The van der Waals surface area contributed by atoms with Crippen LogP contribution in [-0.4, -0.2) is 26.2 Å². The van der Waals surface area contributed by atoms with Crippen LogP contribution in [0.25, 0.3) is 0 Å². The number of ether oxygens (including phenoxy) is 1. The number of hydrogen-bond donors (Lipinski definition) is 2. The molecule has 0 heterocycles. The molecule has 2 aromatic rings. The number of nitrogens with one attached hydrogen (secondary N) is 2. The van der Waals surface area contributed by atoms with Crippen LogP contribution in [0, 0.1) is 5.82 Å². The van der Waals surface area contributed by atoms with Crippen molar-refractivity contribution in [3.05, 3.63) is 65.5 Å². The molecule has 0 aliphatic carbocycles. The molecule has 0 unspecified atom stereocenters. The molecule has 0 saturated carbocycles. The van der Waals surface area contributed by atoms with E-state index in [-0.39, 0.29) is 29.8 Å². The van der Waals surface area contributed by atoms with E-state index < -0.39 is 0 Å². The van der Waals surface area contributed by atoms with Gasteiger partial charge in [-0.05, 0) is 42.7 Å². The maximum atomic E-state index is 13.6. The van der Waals surface area contributed by atoms with Crippen LogP contribution < -0.4 is 15.4 Å². The van der Waals surface area contributed by atoms with Gasteiger partial charge in [-0.15, -0.1) is 24.0 Å². The highest BCUT2D eigenvalue weighted by molar-refractivity contribution is 14.0. The van der Waals surface area contributed by atoms with E-state index in [1.807, 2.05) is 37.3 Å². The maximum absolute atomic E-state index is 13.6. The van der Waals surface area contributed by atoms with Gasteiger partial charge in [0.25, 0.3) is 0 Å². The second-order valence-corrected chi connectivity index (χ2v) is 5.31. The Morgan fingerprint density at radius 2 is 1.80 bits per heavy atom. The molecule has 0 radical (unpaired) electrons. The highest BCUT2D eigenvalue weighted by Crippen LogP contribution is 2.11. The molecular weight excluding hydrogens is 432 g/mol. The third-order valence-corrected chi connectivity index (χ3v) is 3.57. The topological polar surface area (TPSA) is 45.7 Å². The third kappa shape index (κ3) is 7.29. The molecule has 0 atom stereocenters. The molecule has 2 rings (SSSR count). The molecule has 0 aliphatic heterocycles. The molecule has 136 valence electrons. The van der Waals surface area contributed by atoms with Gasteiger partial charge in [-0.25, -0.2) is 9.38 Å². The molecule has 2 aromatic carbocycles. The molecule has 0 fully saturated rings. The Bertz CT molecular complexity index is 662. The number of aliphatic imine (C=N–C) groups is 1. The largest absolute Gasteiger partial charge is 0.497 e. The molecule has 0 aromatic heterocycles. The number of nitrogens with zero attached hydrogens (tertiary/aromatic N) is 1. The summed E-state index contributed by atoms with van der Waals surface area (Å²) in [5, 5.41) is 6.43. The van der Waals surface area contributed by atoms with Gasteiger partial charge >= 0.3 is 0 Å². The van der Waals surface area contributed by atoms with Crippen LogP contribution in [0.3, 0.4) is 0 Å². The molecule has 6 heteroatoms. The minimum absolute atomic E-state index is 0. The fourth-order valence-corrected chi connectivity index (χ4v) is 2.26. The lowest BCUT2D eigenvalue weighted by Crippen LogP contribution is -2.38. The van der Waals surface area contributed by atoms with Crippen molar-refractivity contribution < 1.29 is 9.13 Å². The Balaban J connectivity index is 0.00000312. The van der Waals surface area contributed by atoms with Gasteiger partial charge in [0, 0.05) is 13.1 Å². The minimum Gasteiger partial charge on any atom is -0.497 e. The van der Waals surface area contributed by atoms with E-state index in [0.29, 0.717) is 25.1 Å². The molecule has 0 aliphatic rings. The van der Waals surface area contributed by atoms with Crippen molar-refractivity contribution in [3.8, 4) is 5.75 Å². The summed E-state index contributed by atoms with van der Waals surface area (Å²) in [6.45, 7) is 3.98. The van der Waals surface area contributed by atoms with E-state index in [4.69, 9.17) is 4.74 Å². The van der Waals surface area contributed by atoms with Crippen molar-refractivity contribution in [2.45, 2.75) is 19.9 Å². The second-order valence-electron chi connectivity index (χ2n) is 5.31. The zero-order valence-corrected chi connectivity index (χ0v) is 16.9. The molecule has 0 saturated heterocycles. The quantitative estimate of drug-likeness (QED) is 0.378. The summed E-state index contributed by atoms with van der Waals surface area (Å²) in [5.74, 6) is 1.39. The van der Waals surface area contributed by atoms with Crippen molar-refractivity contribution in [3.63, 3.8) is 0 Å². The number of halogens is 2. The first-order valence-corrected chi connectivity index (χ1v) is 8.11. The predicted octanol–water partition coefficient (Wildman–Crippen LogP) is 3.75. The van der Waals surface area contributed by atoms with Gasteiger partial charge in [0.1, 0.15) is 11.6 Å². The van der Waals surface area contributed by atoms with E-state index in [1.54, 1.807) is 19.2 Å². The van der Waals surface area contributed by atoms with Crippen LogP contribution in [0.5, 0.6) is 5.75 Å². The first kappa shape index (κ1) is 21.2. The van der Waals surface area contributed by atoms with Crippen LogP contribution in [0.15, 0.2) is 53.5 Å². The lowest BCUT2D eigenvalue weighted by atomic mass is 10.1. The first-order valence-electron chi connectivity index (χ1n) is 8.11. The zero-order valence-electron chi connectivity index (χ0n) is 14.6. The van der Waals surface area contributed by atoms with E-state index in [9.17, 15) is 4.39 Å². The Morgan fingerprint density at radius 3 is 2.44 bits per heavy atom. The van der Waals surface area contributed by atoms with Crippen molar-refractivity contribution in [2.75, 3.05) is 20.2 Å². The third-order valence-electron chi connectivity index (χ3n) is 3.57. The summed E-state index contributed by atoms with van der Waals surface area (Å²) in [6, 6.07) is 14.7. The summed E-state index contributed by atoms with van der Waals surface area (Å²) in [5.41, 5.74) is 1.80. The lowest BCUT2D eigenvalue weighted by Gasteiger charge is -2.11. The Morgan fingerprint density at radius 1 is 1.08 bits per heavy atom. The maximum Gasteiger partial charge on any atom is 0.191 e. The van der Waals surface area contributed by atoms with Gasteiger partial charge in [0.2, 0.25) is 0 Å². The number of rotatable bonds is 7. The van der Waals surface area contributed by atoms with Crippen molar-refractivity contribution in [2.24, 2.45) is 4.99 Å². The molecule has 25 heavy (non-hydrogen) atoms. The summed E-state index contributed by atoms with van der Waals surface area (Å²) in [4.78, 5) is 4.55. The van der Waals surface area contributed by atoms with Gasteiger partial charge in [0.15, 0.2) is 5.96 Å². The standard InChI is InChI=1S/C19H24FN3O.HI/c1-3-21-19(22-13-12-16-6-4-5-7-18(16)20)23-14-15-8-10-17(24-2)11-9-15;/h4-11H,3,12-14H2,1-2H3,(H2,21,22,23);1H. The van der Waals surface area contributed by atoms with Gasteiger partial charge in [-0.1, -0.05) is 30.3 Å². The Labute approximate surface area is 165 Å². The van der Waals surface area contributed by atoms with E-state index in [0.717, 1.165) is 23.8 Å². The SMILES string of the molecule is CCNC(=NCc1ccc(OC)cc1)NCCc1ccccc1F.I. The molecule has 0 spiro atoms.